The first-order valence-corrected chi connectivity index (χ1v) is 13.4. The van der Waals surface area contributed by atoms with Gasteiger partial charge in [0.2, 0.25) is 0 Å². The van der Waals surface area contributed by atoms with Crippen LogP contribution in [0.4, 0.5) is 16.2 Å². The molecule has 0 radical (unpaired) electrons. The lowest BCUT2D eigenvalue weighted by Gasteiger charge is -2.21. The molecule has 4 aromatic rings. The Bertz CT molecular complexity index is 1540. The number of carbonyl (C=O) groups excluding carboxylic acids is 1. The monoisotopic (exact) mass is 524 g/mol. The zero-order valence-corrected chi connectivity index (χ0v) is 23.0. The van der Waals surface area contributed by atoms with Crippen molar-refractivity contribution in [3.8, 4) is 16.9 Å². The number of para-hydroxylation sites is 1. The molecule has 0 aliphatic carbocycles. The number of hydrogen-bond donors (Lipinski definition) is 3. The Kier molecular flexibility index (Phi) is 8.49. The Balaban J connectivity index is 1.88. The molecular weight excluding hydrogens is 488 g/mol. The number of aromatic nitrogens is 2. The molecule has 0 saturated heterocycles. The predicted octanol–water partition coefficient (Wildman–Crippen LogP) is 7.63. The number of anilines is 2. The molecule has 7 heteroatoms. The zero-order valence-electron chi connectivity index (χ0n) is 23.0. The van der Waals surface area contributed by atoms with E-state index in [2.05, 4.69) is 49.9 Å². The van der Waals surface area contributed by atoms with Gasteiger partial charge < -0.3 is 15.7 Å². The van der Waals surface area contributed by atoms with Gasteiger partial charge in [0.25, 0.3) is 5.56 Å². The van der Waals surface area contributed by atoms with Crippen LogP contribution in [0, 0.1) is 0 Å². The Labute approximate surface area is 229 Å². The maximum absolute atomic E-state index is 14.0. The minimum absolute atomic E-state index is 0.0579. The van der Waals surface area contributed by atoms with Gasteiger partial charge >= 0.3 is 6.03 Å². The molecule has 0 bridgehead atoms. The number of urea groups is 1. The summed E-state index contributed by atoms with van der Waals surface area (Å²) in [6, 6.07) is 15.8. The first kappa shape index (κ1) is 27.6. The number of carbonyl (C=O) groups is 1. The number of phenolic OH excluding ortho intramolecular Hbond substituents is 1. The molecular formula is C32H36N4O3. The number of pyridine rings is 2. The molecule has 0 saturated carbocycles. The summed E-state index contributed by atoms with van der Waals surface area (Å²) in [7, 11) is 0. The van der Waals surface area contributed by atoms with Crippen molar-refractivity contribution in [3.63, 3.8) is 0 Å². The molecule has 0 spiro atoms. The maximum Gasteiger partial charge on any atom is 0.323 e. The third kappa shape index (κ3) is 5.87. The lowest BCUT2D eigenvalue weighted by molar-refractivity contribution is 0.262. The van der Waals surface area contributed by atoms with Gasteiger partial charge in [-0.3, -0.25) is 9.36 Å². The number of aromatic hydroxyl groups is 1. The second-order valence-electron chi connectivity index (χ2n) is 10.3. The first-order chi connectivity index (χ1) is 18.7. The summed E-state index contributed by atoms with van der Waals surface area (Å²) >= 11 is 0. The van der Waals surface area contributed by atoms with Gasteiger partial charge in [-0.2, -0.15) is 0 Å². The predicted molar refractivity (Wildman–Crippen MR) is 160 cm³/mol. The summed E-state index contributed by atoms with van der Waals surface area (Å²) in [5.41, 5.74) is 4.20. The van der Waals surface area contributed by atoms with E-state index in [9.17, 15) is 14.7 Å². The third-order valence-electron chi connectivity index (χ3n) is 6.80. The van der Waals surface area contributed by atoms with Crippen LogP contribution in [-0.4, -0.2) is 20.7 Å². The van der Waals surface area contributed by atoms with Crippen LogP contribution in [0.3, 0.4) is 0 Å². The van der Waals surface area contributed by atoms with E-state index >= 15 is 0 Å². The standard InChI is InChI=1S/C32H36N4O3/c1-6-7-8-18-36-30-26(16-11-17-33-30)27(22-12-9-13-23(37)19-22)29(31(36)38)35-32(39)34-28-24(20(2)3)14-10-15-25(28)21(4)5/h6,9-17,19-21,37H,1,7-8,18H2,2-5H3,(H2,34,35,39). The van der Waals surface area contributed by atoms with Crippen molar-refractivity contribution < 1.29 is 9.90 Å². The molecule has 2 aromatic carbocycles. The minimum Gasteiger partial charge on any atom is -0.508 e. The highest BCUT2D eigenvalue weighted by Crippen LogP contribution is 2.36. The van der Waals surface area contributed by atoms with Crippen molar-refractivity contribution >= 4 is 28.4 Å². The van der Waals surface area contributed by atoms with Crippen LogP contribution < -0.4 is 16.2 Å². The number of benzene rings is 2. The average Bonchev–Trinajstić information content (AvgIpc) is 2.90. The molecule has 4 rings (SSSR count). The van der Waals surface area contributed by atoms with Gasteiger partial charge in [-0.15, -0.1) is 6.58 Å². The first-order valence-electron chi connectivity index (χ1n) is 13.4. The number of nitrogens with zero attached hydrogens (tertiary/aromatic N) is 2. The number of nitrogens with one attached hydrogen (secondary N) is 2. The van der Waals surface area contributed by atoms with E-state index in [0.717, 1.165) is 23.2 Å². The summed E-state index contributed by atoms with van der Waals surface area (Å²) in [6.07, 6.45) is 4.90. The van der Waals surface area contributed by atoms with Crippen LogP contribution >= 0.6 is 0 Å². The number of aryl methyl sites for hydroxylation is 1. The van der Waals surface area contributed by atoms with Crippen molar-refractivity contribution in [2.75, 3.05) is 10.6 Å². The average molecular weight is 525 g/mol. The van der Waals surface area contributed by atoms with E-state index in [1.54, 1.807) is 41.1 Å². The lowest BCUT2D eigenvalue weighted by Crippen LogP contribution is -2.30. The van der Waals surface area contributed by atoms with Gasteiger partial charge in [0.05, 0.1) is 0 Å². The largest absolute Gasteiger partial charge is 0.508 e. The van der Waals surface area contributed by atoms with Gasteiger partial charge in [0.1, 0.15) is 17.1 Å². The number of unbranched alkanes of at least 4 members (excludes halogenated alkanes) is 1. The van der Waals surface area contributed by atoms with Crippen molar-refractivity contribution in [2.24, 2.45) is 0 Å². The van der Waals surface area contributed by atoms with Gasteiger partial charge in [-0.1, -0.05) is 64.1 Å². The fourth-order valence-corrected chi connectivity index (χ4v) is 4.91. The fraction of sp³-hybridized carbons (Fsp3) is 0.281. The van der Waals surface area contributed by atoms with Crippen LogP contribution in [0.2, 0.25) is 0 Å². The third-order valence-corrected chi connectivity index (χ3v) is 6.80. The molecule has 2 amide bonds. The number of phenols is 1. The highest BCUT2D eigenvalue weighted by molar-refractivity contribution is 6.07. The summed E-state index contributed by atoms with van der Waals surface area (Å²) in [5.74, 6) is 0.439. The zero-order chi connectivity index (χ0) is 28.1. The minimum atomic E-state index is -0.510. The molecule has 3 N–H and O–H groups in total. The molecule has 7 nitrogen and oxygen atoms in total. The second-order valence-corrected chi connectivity index (χ2v) is 10.3. The van der Waals surface area contributed by atoms with E-state index in [0.29, 0.717) is 35.1 Å². The summed E-state index contributed by atoms with van der Waals surface area (Å²) in [6.45, 7) is 12.5. The molecule has 2 aromatic heterocycles. The Morgan fingerprint density at radius 2 is 1.67 bits per heavy atom. The van der Waals surface area contributed by atoms with E-state index in [1.165, 1.54) is 0 Å². The Hall–Kier alpha value is -4.39. The molecule has 2 heterocycles. The van der Waals surface area contributed by atoms with Crippen LogP contribution in [0.1, 0.15) is 63.5 Å². The fourth-order valence-electron chi connectivity index (χ4n) is 4.91. The topological polar surface area (TPSA) is 96.2 Å². The van der Waals surface area contributed by atoms with Gasteiger partial charge in [-0.25, -0.2) is 9.78 Å². The Morgan fingerprint density at radius 3 is 2.31 bits per heavy atom. The molecule has 0 aliphatic rings. The van der Waals surface area contributed by atoms with E-state index in [4.69, 9.17) is 0 Å². The van der Waals surface area contributed by atoms with Crippen molar-refractivity contribution in [1.82, 2.24) is 9.55 Å². The Morgan fingerprint density at radius 1 is 1.00 bits per heavy atom. The van der Waals surface area contributed by atoms with Crippen molar-refractivity contribution in [3.05, 3.63) is 94.9 Å². The normalized spacial score (nSPS) is 11.2. The van der Waals surface area contributed by atoms with Crippen LogP contribution in [-0.2, 0) is 6.54 Å². The molecule has 0 fully saturated rings. The number of amides is 2. The molecule has 39 heavy (non-hydrogen) atoms. The lowest BCUT2D eigenvalue weighted by atomic mass is 9.93. The van der Waals surface area contributed by atoms with E-state index in [1.807, 2.05) is 30.3 Å². The van der Waals surface area contributed by atoms with Gasteiger partial charge in [0.15, 0.2) is 0 Å². The van der Waals surface area contributed by atoms with Gasteiger partial charge in [-0.05, 0) is 65.6 Å². The van der Waals surface area contributed by atoms with Crippen LogP contribution in [0.15, 0.2) is 78.2 Å². The van der Waals surface area contributed by atoms with Crippen LogP contribution in [0.25, 0.3) is 22.2 Å². The summed E-state index contributed by atoms with van der Waals surface area (Å²) < 4.78 is 1.60. The molecule has 0 aliphatic heterocycles. The van der Waals surface area contributed by atoms with Crippen molar-refractivity contribution in [1.29, 1.82) is 0 Å². The SMILES string of the molecule is C=CCCCn1c(=O)c(NC(=O)Nc2c(C(C)C)cccc2C(C)C)c(-c2cccc(O)c2)c2cccnc21. The van der Waals surface area contributed by atoms with Crippen molar-refractivity contribution in [2.45, 2.75) is 58.9 Å². The highest BCUT2D eigenvalue weighted by Gasteiger charge is 2.22. The van der Waals surface area contributed by atoms with E-state index in [-0.39, 0.29) is 28.8 Å². The number of fused-ring (bicyclic) bond motifs is 1. The summed E-state index contributed by atoms with van der Waals surface area (Å²) in [5, 5.41) is 16.9. The summed E-state index contributed by atoms with van der Waals surface area (Å²) in [4.78, 5) is 32.1. The molecule has 202 valence electrons. The number of hydrogen-bond acceptors (Lipinski definition) is 4. The van der Waals surface area contributed by atoms with Gasteiger partial charge in [0, 0.05) is 29.4 Å². The molecule has 0 unspecified atom stereocenters. The maximum atomic E-state index is 14.0. The molecule has 0 atom stereocenters. The quantitative estimate of drug-likeness (QED) is 0.155. The highest BCUT2D eigenvalue weighted by atomic mass is 16.3. The smallest absolute Gasteiger partial charge is 0.323 e. The number of allylic oxidation sites excluding steroid dienone is 1. The number of rotatable bonds is 9. The van der Waals surface area contributed by atoms with Crippen LogP contribution in [0.5, 0.6) is 5.75 Å². The second kappa shape index (κ2) is 12.0. The van der Waals surface area contributed by atoms with E-state index < -0.39 is 6.03 Å².